The maximum atomic E-state index is 13.1. The highest BCUT2D eigenvalue weighted by Gasteiger charge is 2.12. The van der Waals surface area contributed by atoms with Crippen molar-refractivity contribution in [1.82, 2.24) is 15.4 Å². The quantitative estimate of drug-likeness (QED) is 0.427. The highest BCUT2D eigenvalue weighted by atomic mass is 19.1. The largest absolute Gasteiger partial charge is 0.493 e. The smallest absolute Gasteiger partial charge is 0.346 e. The van der Waals surface area contributed by atoms with E-state index in [0.29, 0.717) is 29.2 Å². The van der Waals surface area contributed by atoms with Crippen molar-refractivity contribution in [3.8, 4) is 22.8 Å². The van der Waals surface area contributed by atoms with E-state index in [-0.39, 0.29) is 11.4 Å². The van der Waals surface area contributed by atoms with Crippen LogP contribution in [0.1, 0.15) is 29.4 Å². The fraction of sp³-hybridized carbons (Fsp3) is 0.182. The first-order valence-corrected chi connectivity index (χ1v) is 9.52. The SMILES string of the molecule is CCCOc1c(/C=N/NC(=O)c2cc(-c3ccc(F)cc3)nc(=O)[nH]2)cccc1OC. The van der Waals surface area contributed by atoms with Crippen molar-refractivity contribution in [2.24, 2.45) is 5.10 Å². The average molecular weight is 424 g/mol. The molecule has 3 rings (SSSR count). The van der Waals surface area contributed by atoms with Crippen LogP contribution in [0.15, 0.2) is 58.4 Å². The van der Waals surface area contributed by atoms with Crippen LogP contribution < -0.4 is 20.6 Å². The molecule has 1 heterocycles. The number of nitrogens with zero attached hydrogens (tertiary/aromatic N) is 2. The number of rotatable bonds is 8. The summed E-state index contributed by atoms with van der Waals surface area (Å²) in [5.74, 6) is 0.00523. The highest BCUT2D eigenvalue weighted by Crippen LogP contribution is 2.30. The van der Waals surface area contributed by atoms with Gasteiger partial charge in [-0.2, -0.15) is 10.1 Å². The van der Waals surface area contributed by atoms with E-state index in [0.717, 1.165) is 6.42 Å². The Morgan fingerprint density at radius 3 is 2.74 bits per heavy atom. The number of ether oxygens (including phenoxy) is 2. The Hall–Kier alpha value is -4.01. The zero-order valence-corrected chi connectivity index (χ0v) is 17.0. The fourth-order valence-electron chi connectivity index (χ4n) is 2.72. The van der Waals surface area contributed by atoms with Crippen LogP contribution in [-0.4, -0.2) is 35.8 Å². The van der Waals surface area contributed by atoms with Gasteiger partial charge in [0.1, 0.15) is 11.5 Å². The Balaban J connectivity index is 1.79. The monoisotopic (exact) mass is 424 g/mol. The van der Waals surface area contributed by atoms with Crippen molar-refractivity contribution in [3.63, 3.8) is 0 Å². The van der Waals surface area contributed by atoms with Gasteiger partial charge in [-0.15, -0.1) is 0 Å². The summed E-state index contributed by atoms with van der Waals surface area (Å²) in [5.41, 5.74) is 2.96. The van der Waals surface area contributed by atoms with E-state index < -0.39 is 17.4 Å². The summed E-state index contributed by atoms with van der Waals surface area (Å²) in [6.07, 6.45) is 2.24. The van der Waals surface area contributed by atoms with E-state index >= 15 is 0 Å². The first kappa shape index (κ1) is 21.7. The zero-order chi connectivity index (χ0) is 22.2. The van der Waals surface area contributed by atoms with Gasteiger partial charge in [-0.3, -0.25) is 4.79 Å². The van der Waals surface area contributed by atoms with Crippen molar-refractivity contribution in [2.45, 2.75) is 13.3 Å². The summed E-state index contributed by atoms with van der Waals surface area (Å²) < 4.78 is 24.2. The molecule has 0 aliphatic heterocycles. The lowest BCUT2D eigenvalue weighted by molar-refractivity contribution is 0.0949. The molecule has 0 saturated carbocycles. The number of hydrazone groups is 1. The maximum Gasteiger partial charge on any atom is 0.346 e. The molecule has 0 fully saturated rings. The van der Waals surface area contributed by atoms with Gasteiger partial charge in [0.15, 0.2) is 11.5 Å². The van der Waals surface area contributed by atoms with E-state index in [1.165, 1.54) is 43.7 Å². The van der Waals surface area contributed by atoms with Crippen molar-refractivity contribution in [1.29, 1.82) is 0 Å². The Labute approximate surface area is 177 Å². The standard InChI is InChI=1S/C22H21FN4O4/c1-3-11-31-20-15(5-4-6-19(20)30-2)13-24-27-21(28)18-12-17(25-22(29)26-18)14-7-9-16(23)10-8-14/h4-10,12-13H,3,11H2,1-2H3,(H,27,28)(H,25,26,29)/b24-13+. The van der Waals surface area contributed by atoms with Crippen LogP contribution in [0.3, 0.4) is 0 Å². The van der Waals surface area contributed by atoms with E-state index in [1.54, 1.807) is 18.2 Å². The third-order valence-electron chi connectivity index (χ3n) is 4.18. The van der Waals surface area contributed by atoms with Gasteiger partial charge in [0.2, 0.25) is 0 Å². The van der Waals surface area contributed by atoms with E-state index in [4.69, 9.17) is 9.47 Å². The Morgan fingerprint density at radius 2 is 2.03 bits per heavy atom. The number of aromatic nitrogens is 2. The van der Waals surface area contributed by atoms with Crippen LogP contribution in [0.2, 0.25) is 0 Å². The van der Waals surface area contributed by atoms with E-state index in [1.807, 2.05) is 6.92 Å². The number of hydrogen-bond donors (Lipinski definition) is 2. The number of hydrogen-bond acceptors (Lipinski definition) is 6. The topological polar surface area (TPSA) is 106 Å². The van der Waals surface area contributed by atoms with Crippen LogP contribution in [0.4, 0.5) is 4.39 Å². The number of benzene rings is 2. The molecule has 1 aromatic heterocycles. The molecule has 8 nitrogen and oxygen atoms in total. The minimum Gasteiger partial charge on any atom is -0.493 e. The Bertz CT molecular complexity index is 1140. The summed E-state index contributed by atoms with van der Waals surface area (Å²) in [6, 6.07) is 12.1. The Kier molecular flexibility index (Phi) is 7.10. The third kappa shape index (κ3) is 5.53. The number of aromatic amines is 1. The minimum atomic E-state index is -0.709. The summed E-state index contributed by atoms with van der Waals surface area (Å²) in [6.45, 7) is 2.48. The lowest BCUT2D eigenvalue weighted by Gasteiger charge is -2.12. The molecule has 0 spiro atoms. The first-order chi connectivity index (χ1) is 15.0. The van der Waals surface area contributed by atoms with Gasteiger partial charge in [-0.05, 0) is 48.9 Å². The molecular formula is C22H21FN4O4. The molecule has 3 aromatic rings. The average Bonchev–Trinajstić information content (AvgIpc) is 2.77. The normalized spacial score (nSPS) is 10.8. The number of methoxy groups -OCH3 is 1. The number of carbonyl (C=O) groups excluding carboxylic acids is 1. The molecule has 160 valence electrons. The van der Waals surface area contributed by atoms with Crippen LogP contribution in [-0.2, 0) is 0 Å². The molecule has 0 unspecified atom stereocenters. The lowest BCUT2D eigenvalue weighted by Crippen LogP contribution is -2.24. The molecule has 1 amide bonds. The van der Waals surface area contributed by atoms with Crippen LogP contribution in [0.25, 0.3) is 11.3 Å². The summed E-state index contributed by atoms with van der Waals surface area (Å²) in [7, 11) is 1.54. The molecule has 31 heavy (non-hydrogen) atoms. The second-order valence-electron chi connectivity index (χ2n) is 6.42. The third-order valence-corrected chi connectivity index (χ3v) is 4.18. The highest BCUT2D eigenvalue weighted by molar-refractivity contribution is 5.94. The van der Waals surface area contributed by atoms with E-state index in [2.05, 4.69) is 20.5 Å². The zero-order valence-electron chi connectivity index (χ0n) is 17.0. The van der Waals surface area contributed by atoms with Crippen molar-refractivity contribution in [3.05, 3.63) is 76.1 Å². The lowest BCUT2D eigenvalue weighted by atomic mass is 10.1. The van der Waals surface area contributed by atoms with Gasteiger partial charge in [0.25, 0.3) is 5.91 Å². The molecule has 0 aliphatic rings. The number of para-hydroxylation sites is 1. The molecule has 9 heteroatoms. The number of amides is 1. The molecule has 2 N–H and O–H groups in total. The van der Waals surface area contributed by atoms with Crippen molar-refractivity contribution >= 4 is 12.1 Å². The summed E-state index contributed by atoms with van der Waals surface area (Å²) in [4.78, 5) is 30.5. The minimum absolute atomic E-state index is 0.0374. The molecule has 0 atom stereocenters. The molecule has 2 aromatic carbocycles. The predicted molar refractivity (Wildman–Crippen MR) is 114 cm³/mol. The molecule has 0 aliphatic carbocycles. The number of carbonyl (C=O) groups is 1. The van der Waals surface area contributed by atoms with Crippen LogP contribution in [0.5, 0.6) is 11.5 Å². The number of nitrogens with one attached hydrogen (secondary N) is 2. The van der Waals surface area contributed by atoms with Gasteiger partial charge < -0.3 is 14.5 Å². The Morgan fingerprint density at radius 1 is 1.26 bits per heavy atom. The second-order valence-corrected chi connectivity index (χ2v) is 6.42. The molecular weight excluding hydrogens is 403 g/mol. The molecule has 0 bridgehead atoms. The number of H-pyrrole nitrogens is 1. The van der Waals surface area contributed by atoms with Crippen LogP contribution >= 0.6 is 0 Å². The van der Waals surface area contributed by atoms with Gasteiger partial charge >= 0.3 is 5.69 Å². The second kappa shape index (κ2) is 10.1. The molecule has 0 radical (unpaired) electrons. The van der Waals surface area contributed by atoms with E-state index in [9.17, 15) is 14.0 Å². The van der Waals surface area contributed by atoms with Crippen molar-refractivity contribution in [2.75, 3.05) is 13.7 Å². The first-order valence-electron chi connectivity index (χ1n) is 9.52. The molecule has 0 saturated heterocycles. The van der Waals surface area contributed by atoms with Gasteiger partial charge in [-0.25, -0.2) is 14.6 Å². The van der Waals surface area contributed by atoms with Gasteiger partial charge in [-0.1, -0.05) is 13.0 Å². The van der Waals surface area contributed by atoms with Crippen LogP contribution in [0, 0.1) is 5.82 Å². The van der Waals surface area contributed by atoms with Gasteiger partial charge in [0, 0.05) is 11.1 Å². The summed E-state index contributed by atoms with van der Waals surface area (Å²) in [5, 5.41) is 3.95. The van der Waals surface area contributed by atoms with Crippen molar-refractivity contribution < 1.29 is 18.7 Å². The fourth-order valence-corrected chi connectivity index (χ4v) is 2.72. The van der Waals surface area contributed by atoms with Gasteiger partial charge in [0.05, 0.1) is 25.6 Å². The number of halogens is 1. The predicted octanol–water partition coefficient (Wildman–Crippen LogP) is 3.14. The summed E-state index contributed by atoms with van der Waals surface area (Å²) >= 11 is 0. The maximum absolute atomic E-state index is 13.1.